The Labute approximate surface area is 383 Å². The minimum atomic E-state index is -1.08. The molecule has 0 bridgehead atoms. The Morgan fingerprint density at radius 2 is 1.00 bits per heavy atom. The maximum atomic E-state index is 12.0. The van der Waals surface area contributed by atoms with E-state index in [9.17, 15) is 38.7 Å². The molecule has 17 nitrogen and oxygen atoms in total. The summed E-state index contributed by atoms with van der Waals surface area (Å²) in [5.41, 5.74) is 0. The summed E-state index contributed by atoms with van der Waals surface area (Å²) in [6, 6.07) is -0.977. The van der Waals surface area contributed by atoms with Crippen LogP contribution in [-0.4, -0.2) is 135 Å². The molecule has 0 aliphatic rings. The lowest BCUT2D eigenvalue weighted by Crippen LogP contribution is -2.41. The molecule has 3 amide bonds. The summed E-state index contributed by atoms with van der Waals surface area (Å²) >= 11 is 0. The van der Waals surface area contributed by atoms with Crippen LogP contribution in [0.5, 0.6) is 0 Å². The summed E-state index contributed by atoms with van der Waals surface area (Å²) in [6.45, 7) is 8.60. The first kappa shape index (κ1) is 62.6. The number of aliphatic hydroxyl groups is 1. The van der Waals surface area contributed by atoms with Gasteiger partial charge in [-0.15, -0.1) is 0 Å². The number of ether oxygens (including phenoxy) is 4. The average molecular weight is 918 g/mol. The highest BCUT2D eigenvalue weighted by Gasteiger charge is 2.20. The summed E-state index contributed by atoms with van der Waals surface area (Å²) in [6.07, 6.45) is 20.9. The molecular weight excluding hydrogens is 831 g/mol. The average Bonchev–Trinajstić information content (AvgIpc) is 3.26. The molecule has 6 N–H and O–H groups in total. The van der Waals surface area contributed by atoms with Crippen LogP contribution in [0, 0.1) is 5.92 Å². The van der Waals surface area contributed by atoms with Crippen LogP contribution in [0.25, 0.3) is 0 Å². The molecule has 0 saturated heterocycles. The highest BCUT2D eigenvalue weighted by atomic mass is 16.5. The Hall–Kier alpha value is -3.51. The monoisotopic (exact) mass is 918 g/mol. The fraction of sp³-hybridized carbons (Fsp3) is 0.851. The van der Waals surface area contributed by atoms with Gasteiger partial charge in [-0.1, -0.05) is 97.3 Å². The second kappa shape index (κ2) is 47.5. The van der Waals surface area contributed by atoms with Crippen molar-refractivity contribution in [2.24, 2.45) is 5.92 Å². The van der Waals surface area contributed by atoms with Crippen molar-refractivity contribution in [1.82, 2.24) is 16.0 Å². The van der Waals surface area contributed by atoms with Gasteiger partial charge in [0.1, 0.15) is 31.6 Å². The second-order valence-electron chi connectivity index (χ2n) is 16.0. The zero-order valence-corrected chi connectivity index (χ0v) is 39.7. The van der Waals surface area contributed by atoms with Crippen molar-refractivity contribution >= 4 is 41.2 Å². The van der Waals surface area contributed by atoms with Crippen LogP contribution >= 0.6 is 0 Å². The van der Waals surface area contributed by atoms with Crippen LogP contribution in [0.4, 0.5) is 0 Å². The van der Waals surface area contributed by atoms with Gasteiger partial charge in [-0.2, -0.15) is 0 Å². The maximum Gasteiger partial charge on any atom is 0.326 e. The van der Waals surface area contributed by atoms with Crippen LogP contribution in [0.1, 0.15) is 175 Å². The molecule has 0 aromatic heterocycles. The number of rotatable bonds is 46. The molecule has 0 rings (SSSR count). The van der Waals surface area contributed by atoms with Crippen LogP contribution in [0.3, 0.4) is 0 Å². The highest BCUT2D eigenvalue weighted by Crippen LogP contribution is 2.15. The summed E-state index contributed by atoms with van der Waals surface area (Å²) in [4.78, 5) is 79.9. The first-order chi connectivity index (χ1) is 30.9. The minimum Gasteiger partial charge on any atom is -0.481 e. The zero-order chi connectivity index (χ0) is 47.9. The Balaban J connectivity index is 0. The standard InChI is InChI=1S/C26H47NO6.C21H40N2O8/c1-2-17-22(28)20-21-23(26(32)33)27-24(29)18-15-13-11-9-7-5-3-4-6-8-10-12-14-16-19-25(30)31;1-3-18(19(25)15-24)7-5-6-8-22-20(26)16-31-14-12-29-10-9-23-21(27)17-30-13-11-28-4-2/h23H,2-21H2,1H3,(H,27,29)(H,30,31)(H,32,33);18,24H,3-17H2,1-2H3,(H,22,26)(H,23,27)/t23-;18-/m00/s1. The number of carbonyl (C=O) groups excluding carboxylic acids is 5. The molecule has 2 atom stereocenters. The smallest absolute Gasteiger partial charge is 0.326 e. The highest BCUT2D eigenvalue weighted by molar-refractivity contribution is 5.85. The van der Waals surface area contributed by atoms with E-state index in [-0.39, 0.29) is 67.9 Å². The number of hydrogen-bond acceptors (Lipinski definition) is 12. The van der Waals surface area contributed by atoms with Crippen molar-refractivity contribution < 1.29 is 67.8 Å². The third-order valence-electron chi connectivity index (χ3n) is 10.3. The predicted octanol–water partition coefficient (Wildman–Crippen LogP) is 6.09. The van der Waals surface area contributed by atoms with Crippen molar-refractivity contribution in [3.8, 4) is 0 Å². The van der Waals surface area contributed by atoms with Crippen molar-refractivity contribution in [2.45, 2.75) is 181 Å². The van der Waals surface area contributed by atoms with Gasteiger partial charge in [-0.05, 0) is 51.9 Å². The van der Waals surface area contributed by atoms with Gasteiger partial charge in [0.05, 0.1) is 33.0 Å². The normalized spacial score (nSPS) is 11.8. The summed E-state index contributed by atoms with van der Waals surface area (Å²) in [7, 11) is 0. The van der Waals surface area contributed by atoms with Crippen molar-refractivity contribution in [3.63, 3.8) is 0 Å². The van der Waals surface area contributed by atoms with E-state index >= 15 is 0 Å². The van der Waals surface area contributed by atoms with E-state index in [4.69, 9.17) is 29.2 Å². The Morgan fingerprint density at radius 3 is 1.48 bits per heavy atom. The van der Waals surface area contributed by atoms with Crippen LogP contribution in [0.15, 0.2) is 0 Å². The molecule has 0 heterocycles. The van der Waals surface area contributed by atoms with Gasteiger partial charge in [0, 0.05) is 51.3 Å². The third-order valence-corrected chi connectivity index (χ3v) is 10.3. The summed E-state index contributed by atoms with van der Waals surface area (Å²) in [5, 5.41) is 34.7. The lowest BCUT2D eigenvalue weighted by atomic mass is 9.95. The number of nitrogens with one attached hydrogen (secondary N) is 3. The summed E-state index contributed by atoms with van der Waals surface area (Å²) in [5.74, 6) is -2.60. The van der Waals surface area contributed by atoms with Gasteiger partial charge in [0.15, 0.2) is 5.78 Å². The maximum absolute atomic E-state index is 12.0. The number of carboxylic acids is 2. The van der Waals surface area contributed by atoms with E-state index in [1.54, 1.807) is 0 Å². The van der Waals surface area contributed by atoms with Gasteiger partial charge in [-0.25, -0.2) is 4.79 Å². The number of hydrogen-bond donors (Lipinski definition) is 6. The molecule has 0 spiro atoms. The number of carbonyl (C=O) groups is 7. The van der Waals surface area contributed by atoms with E-state index in [2.05, 4.69) is 16.0 Å². The summed E-state index contributed by atoms with van der Waals surface area (Å²) < 4.78 is 20.8. The molecule has 0 unspecified atom stereocenters. The van der Waals surface area contributed by atoms with Crippen LogP contribution < -0.4 is 16.0 Å². The number of amides is 3. The molecular formula is C47H87N3O14. The molecule has 0 aliphatic carbocycles. The van der Waals surface area contributed by atoms with Crippen LogP contribution in [-0.2, 0) is 52.5 Å². The Kier molecular flexibility index (Phi) is 46.4. The molecule has 0 aliphatic heterocycles. The quantitative estimate of drug-likeness (QED) is 0.0378. The lowest BCUT2D eigenvalue weighted by molar-refractivity contribution is -0.142. The fourth-order valence-electron chi connectivity index (χ4n) is 6.56. The SMILES string of the molecule is CCCC(=O)CC[C@H](NC(=O)CCCCCCCCCCCCCCCCC(=O)O)C(=O)O.CCOCCOCC(=O)NCCOCCOCC(=O)NCCCC[C@H](CC)C(=O)CO. The van der Waals surface area contributed by atoms with Gasteiger partial charge in [0.25, 0.3) is 0 Å². The topological polar surface area (TPSA) is 253 Å². The van der Waals surface area contributed by atoms with E-state index in [1.165, 1.54) is 51.4 Å². The molecule has 17 heteroatoms. The first-order valence-electron chi connectivity index (χ1n) is 24.1. The van der Waals surface area contributed by atoms with E-state index in [0.29, 0.717) is 65.4 Å². The third kappa shape index (κ3) is 45.1. The number of unbranched alkanes of at least 4 members (excludes halogenated alkanes) is 14. The lowest BCUT2D eigenvalue weighted by Gasteiger charge is -2.14. The number of aliphatic hydroxyl groups excluding tert-OH is 1. The second-order valence-corrected chi connectivity index (χ2v) is 16.0. The van der Waals surface area contributed by atoms with E-state index in [0.717, 1.165) is 70.6 Å². The zero-order valence-electron chi connectivity index (χ0n) is 39.7. The number of ketones is 2. The Morgan fingerprint density at radius 1 is 0.500 bits per heavy atom. The number of aliphatic carboxylic acids is 2. The largest absolute Gasteiger partial charge is 0.481 e. The van der Waals surface area contributed by atoms with Gasteiger partial charge >= 0.3 is 11.9 Å². The van der Waals surface area contributed by atoms with Gasteiger partial charge in [0.2, 0.25) is 17.7 Å². The van der Waals surface area contributed by atoms with Gasteiger partial charge in [-0.3, -0.25) is 28.8 Å². The molecule has 0 aromatic rings. The van der Waals surface area contributed by atoms with Crippen LogP contribution in [0.2, 0.25) is 0 Å². The van der Waals surface area contributed by atoms with E-state index < -0.39 is 24.6 Å². The van der Waals surface area contributed by atoms with Crippen molar-refractivity contribution in [1.29, 1.82) is 0 Å². The predicted molar refractivity (Wildman–Crippen MR) is 245 cm³/mol. The molecule has 0 radical (unpaired) electrons. The Bertz CT molecular complexity index is 1210. The van der Waals surface area contributed by atoms with Crippen molar-refractivity contribution in [2.75, 3.05) is 72.6 Å². The molecule has 0 fully saturated rings. The van der Waals surface area contributed by atoms with E-state index in [1.807, 2.05) is 20.8 Å². The first-order valence-corrected chi connectivity index (χ1v) is 24.1. The van der Waals surface area contributed by atoms with Gasteiger partial charge < -0.3 is 50.2 Å². The fourth-order valence-corrected chi connectivity index (χ4v) is 6.56. The molecule has 64 heavy (non-hydrogen) atoms. The molecule has 0 aromatic carbocycles. The number of Topliss-reactive ketones (excluding diaryl/α,β-unsaturated/α-hetero) is 2. The molecule has 374 valence electrons. The number of carboxylic acid groups (broad SMARTS) is 2. The minimum absolute atomic E-state index is 0.00866. The van der Waals surface area contributed by atoms with Crippen molar-refractivity contribution in [3.05, 3.63) is 0 Å². The molecule has 0 saturated carbocycles.